The molecule has 3 aromatic rings. The highest BCUT2D eigenvalue weighted by Gasteiger charge is 2.19. The van der Waals surface area contributed by atoms with E-state index < -0.39 is 0 Å². The number of nitrogens with one attached hydrogen (secondary N) is 1. The van der Waals surface area contributed by atoms with Gasteiger partial charge in [-0.3, -0.25) is 9.48 Å². The zero-order valence-electron chi connectivity index (χ0n) is 13.9. The fourth-order valence-electron chi connectivity index (χ4n) is 2.55. The van der Waals surface area contributed by atoms with Gasteiger partial charge in [0.15, 0.2) is 0 Å². The molecule has 5 nitrogen and oxygen atoms in total. The zero-order chi connectivity index (χ0) is 17.1. The molecule has 0 aliphatic heterocycles. The summed E-state index contributed by atoms with van der Waals surface area (Å²) in [5.74, 6) is -0.0441. The van der Waals surface area contributed by atoms with Crippen molar-refractivity contribution >= 4 is 28.6 Å². The highest BCUT2D eigenvalue weighted by molar-refractivity contribution is 7.10. The average molecular weight is 361 g/mol. The lowest BCUT2D eigenvalue weighted by molar-refractivity contribution is -0.122. The van der Waals surface area contributed by atoms with Crippen LogP contribution in [0.4, 0.5) is 0 Å². The summed E-state index contributed by atoms with van der Waals surface area (Å²) in [6.07, 6.45) is 2.53. The van der Waals surface area contributed by atoms with Gasteiger partial charge in [-0.15, -0.1) is 22.7 Å². The van der Waals surface area contributed by atoms with Gasteiger partial charge in [0.25, 0.3) is 0 Å². The number of rotatable bonds is 6. The van der Waals surface area contributed by atoms with Crippen LogP contribution in [0, 0.1) is 20.8 Å². The van der Waals surface area contributed by atoms with E-state index >= 15 is 0 Å². The lowest BCUT2D eigenvalue weighted by atomic mass is 10.2. The van der Waals surface area contributed by atoms with Gasteiger partial charge in [-0.1, -0.05) is 6.07 Å². The quantitative estimate of drug-likeness (QED) is 0.733. The number of aryl methyl sites for hydroxylation is 1. The van der Waals surface area contributed by atoms with Crippen LogP contribution in [-0.2, 0) is 17.8 Å². The van der Waals surface area contributed by atoms with Crippen molar-refractivity contribution in [2.75, 3.05) is 0 Å². The van der Waals surface area contributed by atoms with E-state index in [4.69, 9.17) is 0 Å². The Bertz CT molecular complexity index is 806. The average Bonchev–Trinajstić information content (AvgIpc) is 3.28. The van der Waals surface area contributed by atoms with Crippen LogP contribution in [0.25, 0.3) is 0 Å². The first kappa shape index (κ1) is 16.9. The molecule has 0 spiro atoms. The number of hydrogen-bond acceptors (Lipinski definition) is 5. The molecule has 7 heteroatoms. The predicted octanol–water partition coefficient (Wildman–Crippen LogP) is 3.43. The molecule has 3 aromatic heterocycles. The Morgan fingerprint density at radius 3 is 2.71 bits per heavy atom. The third kappa shape index (κ3) is 3.73. The Balaban J connectivity index is 1.72. The van der Waals surface area contributed by atoms with Gasteiger partial charge in [0.1, 0.15) is 11.6 Å². The molecule has 0 radical (unpaired) electrons. The molecule has 24 heavy (non-hydrogen) atoms. The lowest BCUT2D eigenvalue weighted by Gasteiger charge is -2.16. The van der Waals surface area contributed by atoms with Crippen molar-refractivity contribution in [3.8, 4) is 0 Å². The number of amides is 1. The van der Waals surface area contributed by atoms with E-state index in [-0.39, 0.29) is 18.5 Å². The number of carbonyl (C=O) groups excluding carboxylic acids is 1. The Morgan fingerprint density at radius 1 is 1.29 bits per heavy atom. The van der Waals surface area contributed by atoms with Crippen LogP contribution in [0.15, 0.2) is 29.1 Å². The number of thiophene rings is 1. The van der Waals surface area contributed by atoms with Crippen LogP contribution in [0.1, 0.15) is 32.9 Å². The van der Waals surface area contributed by atoms with Gasteiger partial charge in [-0.05, 0) is 37.8 Å². The lowest BCUT2D eigenvalue weighted by Crippen LogP contribution is -2.33. The maximum Gasteiger partial charge on any atom is 0.242 e. The Labute approximate surface area is 149 Å². The van der Waals surface area contributed by atoms with Gasteiger partial charge in [-0.25, -0.2) is 4.98 Å². The number of carbonyl (C=O) groups is 1. The second-order valence-electron chi connectivity index (χ2n) is 5.73. The summed E-state index contributed by atoms with van der Waals surface area (Å²) in [7, 11) is 0. The van der Waals surface area contributed by atoms with E-state index in [1.54, 1.807) is 33.6 Å². The highest BCUT2D eigenvalue weighted by atomic mass is 32.1. The summed E-state index contributed by atoms with van der Waals surface area (Å²) in [6.45, 7) is 6.21. The van der Waals surface area contributed by atoms with E-state index in [9.17, 15) is 4.79 Å². The summed E-state index contributed by atoms with van der Waals surface area (Å²) >= 11 is 3.26. The third-order valence-corrected chi connectivity index (χ3v) is 5.89. The number of thiazole rings is 1. The fourth-order valence-corrected chi connectivity index (χ4v) is 3.99. The smallest absolute Gasteiger partial charge is 0.242 e. The monoisotopic (exact) mass is 360 g/mol. The van der Waals surface area contributed by atoms with Crippen molar-refractivity contribution in [2.24, 2.45) is 0 Å². The predicted molar refractivity (Wildman–Crippen MR) is 97.5 cm³/mol. The number of nitrogens with zero attached hydrogens (tertiary/aromatic N) is 3. The molecule has 1 atom stereocenters. The van der Waals surface area contributed by atoms with Crippen LogP contribution in [0.5, 0.6) is 0 Å². The first-order chi connectivity index (χ1) is 11.5. The maximum atomic E-state index is 12.5. The second-order valence-corrected chi connectivity index (χ2v) is 7.69. The van der Waals surface area contributed by atoms with Gasteiger partial charge >= 0.3 is 0 Å². The second kappa shape index (κ2) is 7.27. The minimum Gasteiger partial charge on any atom is -0.345 e. The van der Waals surface area contributed by atoms with Gasteiger partial charge in [0.2, 0.25) is 5.91 Å². The zero-order valence-corrected chi connectivity index (χ0v) is 15.6. The molecule has 0 bridgehead atoms. The summed E-state index contributed by atoms with van der Waals surface area (Å²) in [6, 6.07) is 4.01. The third-order valence-electron chi connectivity index (χ3n) is 4.11. The highest BCUT2D eigenvalue weighted by Crippen LogP contribution is 2.23. The van der Waals surface area contributed by atoms with E-state index in [1.165, 1.54) is 4.88 Å². The van der Waals surface area contributed by atoms with Gasteiger partial charge in [-0.2, -0.15) is 5.10 Å². The molecule has 0 fully saturated rings. The van der Waals surface area contributed by atoms with E-state index in [1.807, 2.05) is 32.2 Å². The topological polar surface area (TPSA) is 59.8 Å². The molecule has 126 valence electrons. The van der Waals surface area contributed by atoms with Crippen molar-refractivity contribution in [3.63, 3.8) is 0 Å². The molecule has 3 heterocycles. The summed E-state index contributed by atoms with van der Waals surface area (Å²) in [4.78, 5) is 18.1. The van der Waals surface area contributed by atoms with Gasteiger partial charge < -0.3 is 5.32 Å². The van der Waals surface area contributed by atoms with E-state index in [0.717, 1.165) is 28.4 Å². The SMILES string of the molecule is Cc1nn(CC(=O)NC(Cc2cccs2)c2nccs2)c(C)c1C. The number of hydrogen-bond donors (Lipinski definition) is 1. The van der Waals surface area contributed by atoms with Crippen molar-refractivity contribution in [1.29, 1.82) is 0 Å². The van der Waals surface area contributed by atoms with Crippen molar-refractivity contribution < 1.29 is 4.79 Å². The molecule has 0 aliphatic rings. The normalized spacial score (nSPS) is 12.3. The standard InChI is InChI=1S/C17H20N4OS2/c1-11-12(2)20-21(13(11)3)10-16(22)19-15(17-18-6-8-24-17)9-14-5-4-7-23-14/h4-8,15H,9-10H2,1-3H3,(H,19,22). The summed E-state index contributed by atoms with van der Waals surface area (Å²) < 4.78 is 1.77. The molecule has 0 aliphatic carbocycles. The first-order valence-electron chi connectivity index (χ1n) is 7.76. The van der Waals surface area contributed by atoms with Crippen molar-refractivity contribution in [1.82, 2.24) is 20.1 Å². The van der Waals surface area contributed by atoms with Crippen LogP contribution in [-0.4, -0.2) is 20.7 Å². The largest absolute Gasteiger partial charge is 0.345 e. The molecule has 0 saturated carbocycles. The molecule has 0 aromatic carbocycles. The van der Waals surface area contributed by atoms with Gasteiger partial charge in [0, 0.05) is 28.6 Å². The Kier molecular flexibility index (Phi) is 5.11. The molecule has 1 N–H and O–H groups in total. The maximum absolute atomic E-state index is 12.5. The molecule has 3 rings (SSSR count). The minimum absolute atomic E-state index is 0.0441. The number of aromatic nitrogens is 3. The van der Waals surface area contributed by atoms with Crippen molar-refractivity contribution in [3.05, 3.63) is 55.9 Å². The first-order valence-corrected chi connectivity index (χ1v) is 9.52. The fraction of sp³-hybridized carbons (Fsp3) is 0.353. The summed E-state index contributed by atoms with van der Waals surface area (Å²) in [5, 5.41) is 12.5. The van der Waals surface area contributed by atoms with Crippen LogP contribution >= 0.6 is 22.7 Å². The van der Waals surface area contributed by atoms with Crippen LogP contribution < -0.4 is 5.32 Å². The van der Waals surface area contributed by atoms with Crippen LogP contribution in [0.3, 0.4) is 0 Å². The van der Waals surface area contributed by atoms with Crippen LogP contribution in [0.2, 0.25) is 0 Å². The molecule has 1 amide bonds. The van der Waals surface area contributed by atoms with Gasteiger partial charge in [0.05, 0.1) is 11.7 Å². The van der Waals surface area contributed by atoms with E-state index in [2.05, 4.69) is 26.8 Å². The molecular weight excluding hydrogens is 340 g/mol. The van der Waals surface area contributed by atoms with Crippen molar-refractivity contribution in [2.45, 2.75) is 39.8 Å². The molecular formula is C17H20N4OS2. The minimum atomic E-state index is -0.103. The summed E-state index contributed by atoms with van der Waals surface area (Å²) in [5.41, 5.74) is 3.14. The Morgan fingerprint density at radius 2 is 2.12 bits per heavy atom. The molecule has 0 saturated heterocycles. The molecule has 1 unspecified atom stereocenters. The van der Waals surface area contributed by atoms with E-state index in [0.29, 0.717) is 0 Å². The Hall–Kier alpha value is -1.99.